The van der Waals surface area contributed by atoms with Crippen LogP contribution < -0.4 is 0 Å². The van der Waals surface area contributed by atoms with Crippen LogP contribution in [0.2, 0.25) is 0 Å². The second kappa shape index (κ2) is 12.0. The number of para-hydroxylation sites is 2. The van der Waals surface area contributed by atoms with Crippen LogP contribution in [-0.2, 0) is 12.8 Å². The molecule has 6 aromatic carbocycles. The third kappa shape index (κ3) is 5.13. The molecule has 0 unspecified atom stereocenters. The van der Waals surface area contributed by atoms with Gasteiger partial charge in [-0.3, -0.25) is 9.55 Å². The van der Waals surface area contributed by atoms with Crippen LogP contribution in [0.5, 0.6) is 5.75 Å². The number of furan rings is 1. The minimum atomic E-state index is 0.172. The first kappa shape index (κ1) is 28.7. The molecule has 0 amide bonds. The van der Waals surface area contributed by atoms with Crippen LogP contribution in [0.1, 0.15) is 22.3 Å². The van der Waals surface area contributed by atoms with E-state index >= 15 is 0 Å². The van der Waals surface area contributed by atoms with Crippen molar-refractivity contribution in [2.45, 2.75) is 12.8 Å². The first-order chi connectivity index (χ1) is 24.2. The van der Waals surface area contributed by atoms with E-state index in [9.17, 15) is 5.11 Å². The number of aromatic nitrogens is 3. The Morgan fingerprint density at radius 2 is 1.29 bits per heavy atom. The van der Waals surface area contributed by atoms with Crippen molar-refractivity contribution >= 4 is 32.7 Å². The molecule has 0 aliphatic heterocycles. The van der Waals surface area contributed by atoms with Gasteiger partial charge in [0.1, 0.15) is 22.7 Å². The summed E-state index contributed by atoms with van der Waals surface area (Å²) in [5.41, 5.74) is 9.00. The van der Waals surface area contributed by atoms with Gasteiger partial charge in [-0.25, -0.2) is 4.98 Å². The second-order valence-electron chi connectivity index (χ2n) is 12.4. The van der Waals surface area contributed by atoms with Crippen molar-refractivity contribution in [3.8, 4) is 34.1 Å². The molecule has 3 aromatic heterocycles. The third-order valence-corrected chi connectivity index (χ3v) is 9.40. The minimum absolute atomic E-state index is 0.172. The van der Waals surface area contributed by atoms with Gasteiger partial charge in [0.2, 0.25) is 0 Å². The van der Waals surface area contributed by atoms with Crippen molar-refractivity contribution in [2.75, 3.05) is 0 Å². The average molecular weight is 634 g/mol. The van der Waals surface area contributed by atoms with Crippen LogP contribution in [0, 0.1) is 0 Å². The molecule has 9 rings (SSSR count). The summed E-state index contributed by atoms with van der Waals surface area (Å²) < 4.78 is 8.61. The van der Waals surface area contributed by atoms with Gasteiger partial charge >= 0.3 is 0 Å². The first-order valence-electron chi connectivity index (χ1n) is 16.5. The maximum Gasteiger partial charge on any atom is 0.145 e. The zero-order valence-electron chi connectivity index (χ0n) is 26.6. The topological polar surface area (TPSA) is 64.1 Å². The van der Waals surface area contributed by atoms with Crippen LogP contribution >= 0.6 is 0 Å². The van der Waals surface area contributed by atoms with Crippen LogP contribution in [0.4, 0.5) is 0 Å². The number of hydrogen-bond acceptors (Lipinski definition) is 4. The summed E-state index contributed by atoms with van der Waals surface area (Å²) in [5, 5.41) is 16.5. The molecule has 1 N–H and O–H groups in total. The number of phenols is 1. The van der Waals surface area contributed by atoms with Gasteiger partial charge in [-0.15, -0.1) is 0 Å². The van der Waals surface area contributed by atoms with Gasteiger partial charge in [-0.1, -0.05) is 115 Å². The number of imidazole rings is 1. The molecular weight excluding hydrogens is 603 g/mol. The fourth-order valence-corrected chi connectivity index (χ4v) is 6.98. The van der Waals surface area contributed by atoms with Gasteiger partial charge < -0.3 is 9.52 Å². The highest BCUT2D eigenvalue weighted by Crippen LogP contribution is 2.43. The van der Waals surface area contributed by atoms with E-state index in [4.69, 9.17) is 9.40 Å². The highest BCUT2D eigenvalue weighted by atomic mass is 16.3. The molecule has 0 spiro atoms. The first-order valence-corrected chi connectivity index (χ1v) is 16.5. The van der Waals surface area contributed by atoms with Crippen LogP contribution in [-0.4, -0.2) is 19.6 Å². The van der Waals surface area contributed by atoms with E-state index in [0.717, 1.165) is 61.9 Å². The van der Waals surface area contributed by atoms with Crippen molar-refractivity contribution in [3.05, 3.63) is 180 Å². The molecule has 0 aliphatic rings. The average Bonchev–Trinajstić information content (AvgIpc) is 3.77. The van der Waals surface area contributed by atoms with Crippen LogP contribution in [0.25, 0.3) is 61.0 Å². The number of phenolic OH excluding ortho intramolecular Hbond substituents is 1. The Bertz CT molecular complexity index is 2560. The summed E-state index contributed by atoms with van der Waals surface area (Å²) in [5.74, 6) is 0.972. The lowest BCUT2D eigenvalue weighted by molar-refractivity contribution is 0.470. The van der Waals surface area contributed by atoms with E-state index in [0.29, 0.717) is 23.3 Å². The number of benzene rings is 6. The molecule has 5 heteroatoms. The number of hydrogen-bond donors (Lipinski definition) is 1. The zero-order chi connectivity index (χ0) is 32.7. The van der Waals surface area contributed by atoms with Crippen LogP contribution in [0.15, 0.2) is 163 Å². The van der Waals surface area contributed by atoms with Crippen molar-refractivity contribution < 1.29 is 9.52 Å². The summed E-state index contributed by atoms with van der Waals surface area (Å²) in [6.45, 7) is 0. The van der Waals surface area contributed by atoms with Crippen molar-refractivity contribution in [2.24, 2.45) is 0 Å². The molecule has 0 saturated carbocycles. The fraction of sp³-hybridized carbons (Fsp3) is 0.0455. The van der Waals surface area contributed by atoms with Crippen molar-refractivity contribution in [3.63, 3.8) is 0 Å². The fourth-order valence-electron chi connectivity index (χ4n) is 6.98. The van der Waals surface area contributed by atoms with Gasteiger partial charge in [0.05, 0.1) is 5.69 Å². The predicted molar refractivity (Wildman–Crippen MR) is 197 cm³/mol. The van der Waals surface area contributed by atoms with E-state index in [1.807, 2.05) is 85.3 Å². The number of aromatic hydroxyl groups is 1. The molecule has 49 heavy (non-hydrogen) atoms. The number of pyridine rings is 1. The number of nitrogens with zero attached hydrogens (tertiary/aromatic N) is 3. The Kier molecular flexibility index (Phi) is 7.02. The lowest BCUT2D eigenvalue weighted by atomic mass is 9.91. The summed E-state index contributed by atoms with van der Waals surface area (Å²) >= 11 is 0. The molecule has 0 aliphatic carbocycles. The SMILES string of the molecule is Oc1c(-c2cn(-c3ccccc3)c(-c3ccccc3)n2)cc2c(oc3ccccc32)c1Cc1ccccc1Cc1cncc2ccccc12. The normalized spacial score (nSPS) is 11.5. The monoisotopic (exact) mass is 633 g/mol. The third-order valence-electron chi connectivity index (χ3n) is 9.40. The quantitative estimate of drug-likeness (QED) is 0.190. The molecule has 0 radical (unpaired) electrons. The van der Waals surface area contributed by atoms with Gasteiger partial charge in [-0.05, 0) is 52.8 Å². The highest BCUT2D eigenvalue weighted by molar-refractivity contribution is 6.08. The minimum Gasteiger partial charge on any atom is -0.507 e. The Morgan fingerprint density at radius 3 is 2.10 bits per heavy atom. The Hall–Kier alpha value is -6.46. The Morgan fingerprint density at radius 1 is 0.612 bits per heavy atom. The molecule has 0 fully saturated rings. The summed E-state index contributed by atoms with van der Waals surface area (Å²) in [7, 11) is 0. The molecule has 9 aromatic rings. The maximum atomic E-state index is 12.3. The number of fused-ring (bicyclic) bond motifs is 4. The van der Waals surface area contributed by atoms with Crippen molar-refractivity contribution in [1.82, 2.24) is 14.5 Å². The highest BCUT2D eigenvalue weighted by Gasteiger charge is 2.23. The van der Waals surface area contributed by atoms with Gasteiger partial charge in [-0.2, -0.15) is 0 Å². The molecule has 0 atom stereocenters. The van der Waals surface area contributed by atoms with Crippen molar-refractivity contribution in [1.29, 1.82) is 0 Å². The largest absolute Gasteiger partial charge is 0.507 e. The summed E-state index contributed by atoms with van der Waals surface area (Å²) in [6.07, 6.45) is 7.09. The molecule has 3 heterocycles. The molecule has 0 bridgehead atoms. The Labute approximate surface area is 283 Å². The maximum absolute atomic E-state index is 12.3. The molecule has 5 nitrogen and oxygen atoms in total. The lowest BCUT2D eigenvalue weighted by Crippen LogP contribution is -1.99. The second-order valence-corrected chi connectivity index (χ2v) is 12.4. The molecular formula is C44H31N3O2. The standard InChI is InChI=1S/C44H31N3O2/c48-42-38(40-28-47(34-18-5-2-6-19-34)44(46-40)29-13-3-1-4-14-29)25-37-36-21-11-12-22-41(36)49-43(37)39(42)24-31-16-8-7-15-30(31)23-33-27-45-26-32-17-9-10-20-35(32)33/h1-22,25-28,48H,23-24H2. The van der Waals surface area contributed by atoms with Gasteiger partial charge in [0.15, 0.2) is 0 Å². The van der Waals surface area contributed by atoms with E-state index < -0.39 is 0 Å². The van der Waals surface area contributed by atoms with Gasteiger partial charge in [0, 0.05) is 63.5 Å². The lowest BCUT2D eigenvalue weighted by Gasteiger charge is -2.14. The van der Waals surface area contributed by atoms with E-state index in [1.165, 1.54) is 10.9 Å². The summed E-state index contributed by atoms with van der Waals surface area (Å²) in [4.78, 5) is 9.71. The summed E-state index contributed by atoms with van der Waals surface area (Å²) in [6, 6.07) is 47.3. The predicted octanol–water partition coefficient (Wildman–Crippen LogP) is 10.5. The number of rotatable bonds is 7. The smallest absolute Gasteiger partial charge is 0.145 e. The zero-order valence-corrected chi connectivity index (χ0v) is 26.6. The van der Waals surface area contributed by atoms with Gasteiger partial charge in [0.25, 0.3) is 0 Å². The van der Waals surface area contributed by atoms with E-state index in [2.05, 4.69) is 82.3 Å². The van der Waals surface area contributed by atoms with E-state index in [1.54, 1.807) is 0 Å². The Balaban J connectivity index is 1.22. The van der Waals surface area contributed by atoms with Crippen LogP contribution in [0.3, 0.4) is 0 Å². The molecule has 234 valence electrons. The molecule has 0 saturated heterocycles. The van der Waals surface area contributed by atoms with E-state index in [-0.39, 0.29) is 5.75 Å².